The third-order valence-corrected chi connectivity index (χ3v) is 7.29. The molecule has 1 aliphatic rings. The number of nitrogens with zero attached hydrogens (tertiary/aromatic N) is 1. The highest BCUT2D eigenvalue weighted by Crippen LogP contribution is 2.37. The fourth-order valence-corrected chi connectivity index (χ4v) is 5.56. The molecule has 7 heteroatoms. The predicted octanol–water partition coefficient (Wildman–Crippen LogP) is 3.37. The molecule has 6 nitrogen and oxygen atoms in total. The summed E-state index contributed by atoms with van der Waals surface area (Å²) >= 11 is 0. The molecule has 0 aliphatic carbocycles. The van der Waals surface area contributed by atoms with Crippen molar-refractivity contribution in [1.29, 1.82) is 0 Å². The zero-order valence-corrected chi connectivity index (χ0v) is 18.3. The highest BCUT2D eigenvalue weighted by Gasteiger charge is 2.40. The van der Waals surface area contributed by atoms with Crippen LogP contribution in [0.15, 0.2) is 65.6 Å². The molecule has 162 valence electrons. The van der Waals surface area contributed by atoms with Crippen LogP contribution in [0.5, 0.6) is 0 Å². The average molecular weight is 431 g/mol. The molecule has 0 aromatic heterocycles. The van der Waals surface area contributed by atoms with Crippen LogP contribution in [0.2, 0.25) is 0 Å². The summed E-state index contributed by atoms with van der Waals surface area (Å²) in [7, 11) is -3.74. The van der Waals surface area contributed by atoms with Crippen LogP contribution in [0, 0.1) is 5.92 Å². The number of piperidine rings is 1. The highest BCUT2D eigenvalue weighted by molar-refractivity contribution is 7.89. The third-order valence-electron chi connectivity index (χ3n) is 5.40. The van der Waals surface area contributed by atoms with Gasteiger partial charge in [0.1, 0.15) is 0 Å². The Bertz CT molecular complexity index is 919. The summed E-state index contributed by atoms with van der Waals surface area (Å²) < 4.78 is 33.8. The van der Waals surface area contributed by atoms with Crippen LogP contribution >= 0.6 is 0 Å². The van der Waals surface area contributed by atoms with Crippen LogP contribution in [0.3, 0.4) is 0 Å². The lowest BCUT2D eigenvalue weighted by Crippen LogP contribution is -2.48. The minimum Gasteiger partial charge on any atom is -0.380 e. The van der Waals surface area contributed by atoms with E-state index in [2.05, 4.69) is 5.32 Å². The average Bonchev–Trinajstić information content (AvgIpc) is 2.78. The molecule has 1 N–H and O–H groups in total. The molecule has 1 aliphatic heterocycles. The Labute approximate surface area is 179 Å². The number of benzene rings is 2. The Balaban J connectivity index is 1.84. The van der Waals surface area contributed by atoms with Gasteiger partial charge in [-0.15, -0.1) is 0 Å². The molecule has 2 aromatic rings. The SMILES string of the molecule is CCOCC(C)NC(=O)[C@@H]1CCC(c2ccccc2)N(S(=O)(=O)c2ccccc2)C1. The van der Waals surface area contributed by atoms with Gasteiger partial charge in [0.25, 0.3) is 0 Å². The van der Waals surface area contributed by atoms with Crippen molar-refractivity contribution in [3.05, 3.63) is 66.2 Å². The summed E-state index contributed by atoms with van der Waals surface area (Å²) in [5.74, 6) is -0.519. The van der Waals surface area contributed by atoms with E-state index in [4.69, 9.17) is 4.74 Å². The third kappa shape index (κ3) is 5.28. The second-order valence-corrected chi connectivity index (χ2v) is 9.55. The first-order valence-corrected chi connectivity index (χ1v) is 11.9. The molecule has 0 bridgehead atoms. The minimum absolute atomic E-state index is 0.122. The molecule has 2 aromatic carbocycles. The largest absolute Gasteiger partial charge is 0.380 e. The van der Waals surface area contributed by atoms with Gasteiger partial charge in [-0.3, -0.25) is 4.79 Å². The van der Waals surface area contributed by atoms with Crippen molar-refractivity contribution in [2.75, 3.05) is 19.8 Å². The minimum atomic E-state index is -3.74. The van der Waals surface area contributed by atoms with Gasteiger partial charge in [-0.25, -0.2) is 8.42 Å². The zero-order valence-electron chi connectivity index (χ0n) is 17.5. The lowest BCUT2D eigenvalue weighted by Gasteiger charge is -2.38. The number of carbonyl (C=O) groups is 1. The van der Waals surface area contributed by atoms with E-state index in [0.29, 0.717) is 26.1 Å². The number of amides is 1. The zero-order chi connectivity index (χ0) is 21.6. The van der Waals surface area contributed by atoms with E-state index in [1.807, 2.05) is 44.2 Å². The maximum Gasteiger partial charge on any atom is 0.243 e. The molecule has 1 saturated heterocycles. The fraction of sp³-hybridized carbons (Fsp3) is 0.435. The van der Waals surface area contributed by atoms with Crippen LogP contribution < -0.4 is 5.32 Å². The Morgan fingerprint density at radius 3 is 2.37 bits per heavy atom. The topological polar surface area (TPSA) is 75.7 Å². The van der Waals surface area contributed by atoms with Crippen LogP contribution in [0.1, 0.15) is 38.3 Å². The van der Waals surface area contributed by atoms with E-state index in [1.54, 1.807) is 30.3 Å². The summed E-state index contributed by atoms with van der Waals surface area (Å²) in [6, 6.07) is 17.7. The molecule has 2 unspecified atom stereocenters. The lowest BCUT2D eigenvalue weighted by molar-refractivity contribution is -0.127. The van der Waals surface area contributed by atoms with Gasteiger partial charge in [0.15, 0.2) is 0 Å². The molecule has 1 fully saturated rings. The molecule has 0 radical (unpaired) electrons. The van der Waals surface area contributed by atoms with Crippen LogP contribution in [0.4, 0.5) is 0 Å². The van der Waals surface area contributed by atoms with Crippen molar-refractivity contribution in [3.63, 3.8) is 0 Å². The van der Waals surface area contributed by atoms with Crippen molar-refractivity contribution in [3.8, 4) is 0 Å². The quantitative estimate of drug-likeness (QED) is 0.697. The molecule has 30 heavy (non-hydrogen) atoms. The Hall–Kier alpha value is -2.22. The number of hydrogen-bond acceptors (Lipinski definition) is 4. The number of sulfonamides is 1. The highest BCUT2D eigenvalue weighted by atomic mass is 32.2. The standard InChI is InChI=1S/C23H30N2O4S/c1-3-29-17-18(2)24-23(26)20-14-15-22(19-10-6-4-7-11-19)25(16-20)30(27,28)21-12-8-5-9-13-21/h4-13,18,20,22H,3,14-17H2,1-2H3,(H,24,26)/t18?,20-,22?/m1/s1. The Kier molecular flexibility index (Phi) is 7.64. The molecule has 3 atom stereocenters. The van der Waals surface area contributed by atoms with Crippen LogP contribution in [-0.2, 0) is 19.6 Å². The number of nitrogens with one attached hydrogen (secondary N) is 1. The number of ether oxygens (including phenoxy) is 1. The first-order valence-electron chi connectivity index (χ1n) is 10.4. The monoisotopic (exact) mass is 430 g/mol. The predicted molar refractivity (Wildman–Crippen MR) is 116 cm³/mol. The first-order chi connectivity index (χ1) is 14.4. The van der Waals surface area contributed by atoms with E-state index in [1.165, 1.54) is 4.31 Å². The van der Waals surface area contributed by atoms with Gasteiger partial charge < -0.3 is 10.1 Å². The molecular weight excluding hydrogens is 400 g/mol. The van der Waals surface area contributed by atoms with E-state index >= 15 is 0 Å². The first kappa shape index (κ1) is 22.5. The smallest absolute Gasteiger partial charge is 0.243 e. The fourth-order valence-electron chi connectivity index (χ4n) is 3.85. The summed E-state index contributed by atoms with van der Waals surface area (Å²) in [6.07, 6.45) is 1.22. The van der Waals surface area contributed by atoms with Crippen molar-refractivity contribution in [1.82, 2.24) is 9.62 Å². The number of carbonyl (C=O) groups excluding carboxylic acids is 1. The van der Waals surface area contributed by atoms with Gasteiger partial charge in [0.05, 0.1) is 23.5 Å². The number of rotatable bonds is 8. The summed E-state index contributed by atoms with van der Waals surface area (Å²) in [4.78, 5) is 13.1. The van der Waals surface area contributed by atoms with Gasteiger partial charge in [0, 0.05) is 19.2 Å². The van der Waals surface area contributed by atoms with Gasteiger partial charge >= 0.3 is 0 Å². The van der Waals surface area contributed by atoms with Crippen LogP contribution in [0.25, 0.3) is 0 Å². The Morgan fingerprint density at radius 1 is 1.10 bits per heavy atom. The summed E-state index contributed by atoms with van der Waals surface area (Å²) in [5, 5.41) is 2.97. The Morgan fingerprint density at radius 2 is 1.73 bits per heavy atom. The van der Waals surface area contributed by atoms with E-state index in [9.17, 15) is 13.2 Å². The van der Waals surface area contributed by atoms with Crippen molar-refractivity contribution >= 4 is 15.9 Å². The maximum absolute atomic E-state index is 13.5. The number of hydrogen-bond donors (Lipinski definition) is 1. The van der Waals surface area contributed by atoms with Crippen LogP contribution in [-0.4, -0.2) is 44.4 Å². The molecular formula is C23H30N2O4S. The van der Waals surface area contributed by atoms with Gasteiger partial charge in [-0.05, 0) is 44.4 Å². The van der Waals surface area contributed by atoms with E-state index in [0.717, 1.165) is 5.56 Å². The maximum atomic E-state index is 13.5. The second kappa shape index (κ2) is 10.2. The van der Waals surface area contributed by atoms with Crippen molar-refractivity contribution in [2.24, 2.45) is 5.92 Å². The van der Waals surface area contributed by atoms with Gasteiger partial charge in [0.2, 0.25) is 15.9 Å². The molecule has 1 heterocycles. The van der Waals surface area contributed by atoms with E-state index in [-0.39, 0.29) is 29.4 Å². The molecule has 3 rings (SSSR count). The summed E-state index contributed by atoms with van der Waals surface area (Å²) in [6.45, 7) is 4.98. The van der Waals surface area contributed by atoms with Gasteiger partial charge in [-0.1, -0.05) is 48.5 Å². The lowest BCUT2D eigenvalue weighted by atomic mass is 9.90. The molecule has 0 saturated carbocycles. The van der Waals surface area contributed by atoms with Crippen molar-refractivity contribution < 1.29 is 17.9 Å². The molecule has 1 amide bonds. The summed E-state index contributed by atoms with van der Waals surface area (Å²) in [5.41, 5.74) is 0.945. The van der Waals surface area contributed by atoms with E-state index < -0.39 is 15.9 Å². The second-order valence-electron chi connectivity index (χ2n) is 7.66. The van der Waals surface area contributed by atoms with Crippen molar-refractivity contribution in [2.45, 2.75) is 43.7 Å². The normalized spacial score (nSPS) is 21.1. The van der Waals surface area contributed by atoms with Gasteiger partial charge in [-0.2, -0.15) is 4.31 Å². The molecule has 0 spiro atoms.